The van der Waals surface area contributed by atoms with Gasteiger partial charge in [-0.3, -0.25) is 4.98 Å². The standard InChI is InChI=1S/C32H39N3O4/c1-6-22(2)29(34-30(36)39-32(3,4)5)20-35(19-23-13-11-12-18-33-23)31(37)38-21-28-26-16-9-7-14-24(26)25-15-8-10-17-27(25)28/h7-18,22,28-29H,6,19-21H2,1-5H3,(H,34,36)/t22-,29+/m0/s1. The van der Waals surface area contributed by atoms with Crippen LogP contribution in [0.3, 0.4) is 0 Å². The molecule has 0 saturated heterocycles. The van der Waals surface area contributed by atoms with Crippen molar-refractivity contribution < 1.29 is 19.1 Å². The highest BCUT2D eigenvalue weighted by molar-refractivity contribution is 5.79. The van der Waals surface area contributed by atoms with Gasteiger partial charge in [-0.15, -0.1) is 0 Å². The zero-order chi connectivity index (χ0) is 28.0. The fraction of sp³-hybridized carbons (Fsp3) is 0.406. The highest BCUT2D eigenvalue weighted by atomic mass is 16.6. The summed E-state index contributed by atoms with van der Waals surface area (Å²) in [6, 6.07) is 21.8. The van der Waals surface area contributed by atoms with E-state index in [9.17, 15) is 9.59 Å². The highest BCUT2D eigenvalue weighted by Crippen LogP contribution is 2.44. The maximum absolute atomic E-state index is 13.6. The van der Waals surface area contributed by atoms with Gasteiger partial charge in [-0.1, -0.05) is 74.9 Å². The van der Waals surface area contributed by atoms with Gasteiger partial charge in [-0.25, -0.2) is 9.59 Å². The van der Waals surface area contributed by atoms with Crippen LogP contribution in [-0.2, 0) is 16.0 Å². The highest BCUT2D eigenvalue weighted by Gasteiger charge is 2.31. The Bertz CT molecular complexity index is 1230. The lowest BCUT2D eigenvalue weighted by Gasteiger charge is -2.32. The second-order valence-corrected chi connectivity index (χ2v) is 11.1. The normalized spacial score (nSPS) is 14.1. The average molecular weight is 530 g/mol. The minimum absolute atomic E-state index is 0.0386. The molecule has 0 fully saturated rings. The summed E-state index contributed by atoms with van der Waals surface area (Å²) < 4.78 is 11.5. The minimum atomic E-state index is -0.621. The van der Waals surface area contributed by atoms with E-state index < -0.39 is 17.8 Å². The monoisotopic (exact) mass is 529 g/mol. The number of nitrogens with one attached hydrogen (secondary N) is 1. The van der Waals surface area contributed by atoms with Crippen molar-refractivity contribution in [3.05, 3.63) is 89.7 Å². The number of amides is 2. The van der Waals surface area contributed by atoms with Gasteiger partial charge in [0.15, 0.2) is 0 Å². The Kier molecular flexibility index (Phi) is 8.90. The van der Waals surface area contributed by atoms with Crippen LogP contribution in [0.2, 0.25) is 0 Å². The third-order valence-corrected chi connectivity index (χ3v) is 7.12. The number of aromatic nitrogens is 1. The third-order valence-electron chi connectivity index (χ3n) is 7.12. The van der Waals surface area contributed by atoms with E-state index in [0.717, 1.165) is 23.2 Å². The number of carbonyl (C=O) groups excluding carboxylic acids is 2. The average Bonchev–Trinajstić information content (AvgIpc) is 3.23. The van der Waals surface area contributed by atoms with Crippen molar-refractivity contribution in [2.45, 2.75) is 65.1 Å². The van der Waals surface area contributed by atoms with Gasteiger partial charge in [0, 0.05) is 18.7 Å². The van der Waals surface area contributed by atoms with E-state index in [2.05, 4.69) is 48.4 Å². The molecule has 7 heteroatoms. The van der Waals surface area contributed by atoms with Crippen molar-refractivity contribution in [1.82, 2.24) is 15.2 Å². The second kappa shape index (κ2) is 12.3. The molecule has 2 atom stereocenters. The molecule has 0 aliphatic heterocycles. The zero-order valence-electron chi connectivity index (χ0n) is 23.5. The molecule has 0 spiro atoms. The predicted octanol–water partition coefficient (Wildman–Crippen LogP) is 6.77. The van der Waals surface area contributed by atoms with E-state index in [1.165, 1.54) is 11.1 Å². The Morgan fingerprint density at radius 2 is 1.59 bits per heavy atom. The fourth-order valence-electron chi connectivity index (χ4n) is 4.92. The molecule has 1 aliphatic carbocycles. The smallest absolute Gasteiger partial charge is 0.410 e. The number of carbonyl (C=O) groups is 2. The molecule has 0 saturated carbocycles. The van der Waals surface area contributed by atoms with Crippen LogP contribution in [0.15, 0.2) is 72.9 Å². The SMILES string of the molecule is CC[C@H](C)[C@@H](CN(Cc1ccccn1)C(=O)OCC1c2ccccc2-c2ccccc21)NC(=O)OC(C)(C)C. The van der Waals surface area contributed by atoms with Gasteiger partial charge in [0.2, 0.25) is 0 Å². The number of hydrogen-bond donors (Lipinski definition) is 1. The molecule has 1 N–H and O–H groups in total. The molecule has 0 unspecified atom stereocenters. The molecule has 1 heterocycles. The Morgan fingerprint density at radius 1 is 0.974 bits per heavy atom. The van der Waals surface area contributed by atoms with Gasteiger partial charge in [0.25, 0.3) is 0 Å². The Morgan fingerprint density at radius 3 is 2.15 bits per heavy atom. The van der Waals surface area contributed by atoms with Crippen LogP contribution < -0.4 is 5.32 Å². The third kappa shape index (κ3) is 7.16. The van der Waals surface area contributed by atoms with Crippen molar-refractivity contribution in [1.29, 1.82) is 0 Å². The van der Waals surface area contributed by atoms with Crippen LogP contribution in [0.1, 0.15) is 63.8 Å². The summed E-state index contributed by atoms with van der Waals surface area (Å²) in [7, 11) is 0. The molecule has 2 aromatic carbocycles. The number of nitrogens with zero attached hydrogens (tertiary/aromatic N) is 2. The van der Waals surface area contributed by atoms with E-state index in [0.29, 0.717) is 0 Å². The molecule has 1 aliphatic rings. The number of alkyl carbamates (subject to hydrolysis) is 1. The van der Waals surface area contributed by atoms with Crippen LogP contribution in [0, 0.1) is 5.92 Å². The first-order valence-corrected chi connectivity index (χ1v) is 13.7. The first-order valence-electron chi connectivity index (χ1n) is 13.7. The number of ether oxygens (including phenoxy) is 2. The largest absolute Gasteiger partial charge is 0.448 e. The van der Waals surface area contributed by atoms with E-state index in [1.807, 2.05) is 63.2 Å². The summed E-state index contributed by atoms with van der Waals surface area (Å²) in [5, 5.41) is 2.99. The van der Waals surface area contributed by atoms with Crippen molar-refractivity contribution in [2.24, 2.45) is 5.92 Å². The molecule has 4 rings (SSSR count). The summed E-state index contributed by atoms with van der Waals surface area (Å²) in [6.07, 6.45) is 1.58. The van der Waals surface area contributed by atoms with E-state index in [4.69, 9.17) is 9.47 Å². The van der Waals surface area contributed by atoms with Crippen molar-refractivity contribution in [3.8, 4) is 11.1 Å². The second-order valence-electron chi connectivity index (χ2n) is 11.1. The number of pyridine rings is 1. The van der Waals surface area contributed by atoms with E-state index >= 15 is 0 Å². The van der Waals surface area contributed by atoms with Gasteiger partial charge < -0.3 is 19.7 Å². The number of hydrogen-bond acceptors (Lipinski definition) is 5. The van der Waals surface area contributed by atoms with Crippen LogP contribution in [0.5, 0.6) is 0 Å². The van der Waals surface area contributed by atoms with E-state index in [-0.39, 0.29) is 37.6 Å². The molecule has 2 amide bonds. The van der Waals surface area contributed by atoms with Gasteiger partial charge in [-0.2, -0.15) is 0 Å². The molecular formula is C32H39N3O4. The molecular weight excluding hydrogens is 490 g/mol. The summed E-state index contributed by atoms with van der Waals surface area (Å²) in [4.78, 5) is 32.3. The van der Waals surface area contributed by atoms with Crippen molar-refractivity contribution >= 4 is 12.2 Å². The summed E-state index contributed by atoms with van der Waals surface area (Å²) in [6.45, 7) is 10.4. The number of fused-ring (bicyclic) bond motifs is 3. The topological polar surface area (TPSA) is 80.8 Å². The Labute approximate surface area is 231 Å². The fourth-order valence-corrected chi connectivity index (χ4v) is 4.92. The summed E-state index contributed by atoms with van der Waals surface area (Å²) in [5.41, 5.74) is 4.80. The summed E-state index contributed by atoms with van der Waals surface area (Å²) in [5.74, 6) is 0.0634. The quantitative estimate of drug-likeness (QED) is 0.331. The van der Waals surface area contributed by atoms with Gasteiger partial charge in [0.1, 0.15) is 12.2 Å². The lowest BCUT2D eigenvalue weighted by molar-refractivity contribution is 0.0452. The van der Waals surface area contributed by atoms with E-state index in [1.54, 1.807) is 11.1 Å². The first-order chi connectivity index (χ1) is 18.7. The maximum atomic E-state index is 13.6. The zero-order valence-corrected chi connectivity index (χ0v) is 23.5. The molecule has 0 radical (unpaired) electrons. The Hall–Kier alpha value is -3.87. The lowest BCUT2D eigenvalue weighted by atomic mass is 9.98. The lowest BCUT2D eigenvalue weighted by Crippen LogP contribution is -2.50. The number of rotatable bonds is 9. The van der Waals surface area contributed by atoms with Crippen molar-refractivity contribution in [2.75, 3.05) is 13.2 Å². The van der Waals surface area contributed by atoms with Crippen LogP contribution >= 0.6 is 0 Å². The molecule has 7 nitrogen and oxygen atoms in total. The van der Waals surface area contributed by atoms with Gasteiger partial charge in [-0.05, 0) is 61.1 Å². The predicted molar refractivity (Wildman–Crippen MR) is 152 cm³/mol. The van der Waals surface area contributed by atoms with Crippen molar-refractivity contribution in [3.63, 3.8) is 0 Å². The van der Waals surface area contributed by atoms with Crippen LogP contribution in [0.25, 0.3) is 11.1 Å². The summed E-state index contributed by atoms with van der Waals surface area (Å²) >= 11 is 0. The van der Waals surface area contributed by atoms with Gasteiger partial charge in [0.05, 0.1) is 18.3 Å². The van der Waals surface area contributed by atoms with Gasteiger partial charge >= 0.3 is 12.2 Å². The molecule has 0 bridgehead atoms. The number of benzene rings is 2. The molecule has 39 heavy (non-hydrogen) atoms. The van der Waals surface area contributed by atoms with Crippen LogP contribution in [-0.4, -0.2) is 46.9 Å². The molecule has 206 valence electrons. The molecule has 1 aromatic heterocycles. The maximum Gasteiger partial charge on any atom is 0.410 e. The minimum Gasteiger partial charge on any atom is -0.448 e. The Balaban J connectivity index is 1.53. The molecule has 3 aromatic rings. The first kappa shape index (κ1) is 28.1. The van der Waals surface area contributed by atoms with Crippen LogP contribution in [0.4, 0.5) is 9.59 Å².